The summed E-state index contributed by atoms with van der Waals surface area (Å²) in [6.07, 6.45) is 5.12. The average Bonchev–Trinajstić information content (AvgIpc) is 2.59. The molecule has 1 aromatic rings. The molecule has 22 heavy (non-hydrogen) atoms. The lowest BCUT2D eigenvalue weighted by atomic mass is 9.81. The highest BCUT2D eigenvalue weighted by Gasteiger charge is 2.29. The fraction of sp³-hybridized carbons (Fsp3) is 0.647. The number of hydrogen-bond donors (Lipinski definition) is 2. The molecule has 1 fully saturated rings. The molecular weight excluding hydrogens is 282 g/mol. The van der Waals surface area contributed by atoms with Gasteiger partial charge in [-0.1, -0.05) is 19.3 Å². The van der Waals surface area contributed by atoms with E-state index in [1.807, 2.05) is 12.1 Å². The maximum Gasteiger partial charge on any atom is 0.203 e. The van der Waals surface area contributed by atoms with E-state index in [0.717, 1.165) is 18.4 Å². The summed E-state index contributed by atoms with van der Waals surface area (Å²) in [5.41, 5.74) is 7.10. The van der Waals surface area contributed by atoms with Gasteiger partial charge in [0, 0.05) is 0 Å². The second-order valence-corrected chi connectivity index (χ2v) is 5.87. The molecule has 0 spiro atoms. The lowest BCUT2D eigenvalue weighted by molar-refractivity contribution is 0.0616. The highest BCUT2D eigenvalue weighted by Crippen LogP contribution is 2.41. The largest absolute Gasteiger partial charge is 0.493 e. The normalized spacial score (nSPS) is 18.6. The van der Waals surface area contributed by atoms with Gasteiger partial charge in [-0.05, 0) is 36.5 Å². The molecule has 5 heteroatoms. The molecule has 0 amide bonds. The van der Waals surface area contributed by atoms with Gasteiger partial charge in [0.25, 0.3) is 0 Å². The molecule has 0 saturated heterocycles. The van der Waals surface area contributed by atoms with Crippen LogP contribution in [0.25, 0.3) is 0 Å². The Morgan fingerprint density at radius 1 is 1.00 bits per heavy atom. The van der Waals surface area contributed by atoms with Gasteiger partial charge in [-0.2, -0.15) is 0 Å². The number of benzene rings is 1. The van der Waals surface area contributed by atoms with E-state index in [2.05, 4.69) is 0 Å². The molecule has 1 aromatic carbocycles. The standard InChI is InChI=1S/C17H27NO4/c1-20-13-9-12(10-14(21-2)17(13)22-3)15(18)16(19)11-7-5-4-6-8-11/h9-11,15-16,19H,4-8,18H2,1-3H3/t15-,16+/m0/s1. The quantitative estimate of drug-likeness (QED) is 0.845. The number of aliphatic hydroxyl groups is 1. The van der Waals surface area contributed by atoms with E-state index >= 15 is 0 Å². The maximum absolute atomic E-state index is 10.6. The van der Waals surface area contributed by atoms with Crippen molar-refractivity contribution >= 4 is 0 Å². The van der Waals surface area contributed by atoms with Gasteiger partial charge in [-0.15, -0.1) is 0 Å². The van der Waals surface area contributed by atoms with E-state index in [-0.39, 0.29) is 5.92 Å². The Balaban J connectivity index is 2.26. The van der Waals surface area contributed by atoms with Crippen molar-refractivity contribution in [1.82, 2.24) is 0 Å². The SMILES string of the molecule is COc1cc([C@H](N)[C@H](O)C2CCCCC2)cc(OC)c1OC. The Morgan fingerprint density at radius 2 is 1.55 bits per heavy atom. The number of methoxy groups -OCH3 is 3. The van der Waals surface area contributed by atoms with Gasteiger partial charge in [0.15, 0.2) is 11.5 Å². The number of ether oxygens (including phenoxy) is 3. The van der Waals surface area contributed by atoms with Crippen LogP contribution in [0.3, 0.4) is 0 Å². The first-order valence-corrected chi connectivity index (χ1v) is 7.86. The Labute approximate surface area is 132 Å². The molecule has 0 radical (unpaired) electrons. The zero-order chi connectivity index (χ0) is 16.1. The zero-order valence-electron chi connectivity index (χ0n) is 13.7. The van der Waals surface area contributed by atoms with Gasteiger partial charge in [-0.25, -0.2) is 0 Å². The van der Waals surface area contributed by atoms with E-state index in [4.69, 9.17) is 19.9 Å². The fourth-order valence-electron chi connectivity index (χ4n) is 3.26. The van der Waals surface area contributed by atoms with Crippen LogP contribution in [0.1, 0.15) is 43.7 Å². The summed E-state index contributed by atoms with van der Waals surface area (Å²) in [7, 11) is 4.71. The van der Waals surface area contributed by atoms with Crippen molar-refractivity contribution in [3.8, 4) is 17.2 Å². The molecular formula is C17H27NO4. The maximum atomic E-state index is 10.6. The minimum absolute atomic E-state index is 0.267. The van der Waals surface area contributed by atoms with Gasteiger partial charge in [0.1, 0.15) is 0 Å². The monoisotopic (exact) mass is 309 g/mol. The average molecular weight is 309 g/mol. The first-order chi connectivity index (χ1) is 10.6. The number of aliphatic hydroxyl groups excluding tert-OH is 1. The predicted molar refractivity (Wildman–Crippen MR) is 85.6 cm³/mol. The highest BCUT2D eigenvalue weighted by molar-refractivity contribution is 5.54. The van der Waals surface area contributed by atoms with Crippen molar-refractivity contribution < 1.29 is 19.3 Å². The van der Waals surface area contributed by atoms with Crippen LogP contribution in [0.5, 0.6) is 17.2 Å². The highest BCUT2D eigenvalue weighted by atomic mass is 16.5. The summed E-state index contributed by atoms with van der Waals surface area (Å²) < 4.78 is 16.0. The van der Waals surface area contributed by atoms with Crippen LogP contribution in [0.2, 0.25) is 0 Å². The van der Waals surface area contributed by atoms with Crippen molar-refractivity contribution in [2.75, 3.05) is 21.3 Å². The summed E-state index contributed by atoms with van der Waals surface area (Å²) in [6.45, 7) is 0. The number of nitrogens with two attached hydrogens (primary N) is 1. The van der Waals surface area contributed by atoms with Crippen molar-refractivity contribution in [3.05, 3.63) is 17.7 Å². The Kier molecular flexibility index (Phi) is 5.91. The Morgan fingerprint density at radius 3 is 2.00 bits per heavy atom. The van der Waals surface area contributed by atoms with Crippen LogP contribution in [0.4, 0.5) is 0 Å². The minimum Gasteiger partial charge on any atom is -0.493 e. The molecule has 0 bridgehead atoms. The molecule has 3 N–H and O–H groups in total. The number of rotatable bonds is 6. The molecule has 124 valence electrons. The van der Waals surface area contributed by atoms with E-state index in [0.29, 0.717) is 17.2 Å². The lowest BCUT2D eigenvalue weighted by Gasteiger charge is -2.31. The third-order valence-electron chi connectivity index (χ3n) is 4.57. The van der Waals surface area contributed by atoms with Crippen molar-refractivity contribution in [3.63, 3.8) is 0 Å². The predicted octanol–water partition coefficient (Wildman–Crippen LogP) is 2.65. The molecule has 2 rings (SSSR count). The van der Waals surface area contributed by atoms with E-state index < -0.39 is 12.1 Å². The molecule has 1 aliphatic carbocycles. The van der Waals surface area contributed by atoms with E-state index in [9.17, 15) is 5.11 Å². The van der Waals surface area contributed by atoms with Gasteiger partial charge >= 0.3 is 0 Å². The third-order valence-corrected chi connectivity index (χ3v) is 4.57. The van der Waals surface area contributed by atoms with Gasteiger partial charge in [-0.3, -0.25) is 0 Å². The van der Waals surface area contributed by atoms with E-state index in [1.54, 1.807) is 21.3 Å². The van der Waals surface area contributed by atoms with Gasteiger partial charge in [0.2, 0.25) is 5.75 Å². The summed E-state index contributed by atoms with van der Waals surface area (Å²) >= 11 is 0. The molecule has 2 atom stereocenters. The third kappa shape index (κ3) is 3.47. The summed E-state index contributed by atoms with van der Waals surface area (Å²) in [4.78, 5) is 0. The van der Waals surface area contributed by atoms with Crippen LogP contribution >= 0.6 is 0 Å². The molecule has 0 unspecified atom stereocenters. The molecule has 1 aliphatic rings. The first kappa shape index (κ1) is 16.9. The van der Waals surface area contributed by atoms with Crippen LogP contribution in [-0.4, -0.2) is 32.5 Å². The lowest BCUT2D eigenvalue weighted by Crippen LogP contribution is -2.34. The van der Waals surface area contributed by atoms with Crippen molar-refractivity contribution in [2.24, 2.45) is 11.7 Å². The number of hydrogen-bond acceptors (Lipinski definition) is 5. The fourth-order valence-corrected chi connectivity index (χ4v) is 3.26. The van der Waals surface area contributed by atoms with Crippen LogP contribution < -0.4 is 19.9 Å². The van der Waals surface area contributed by atoms with Crippen LogP contribution in [0.15, 0.2) is 12.1 Å². The molecule has 5 nitrogen and oxygen atoms in total. The Hall–Kier alpha value is -1.46. The molecule has 0 heterocycles. The Bertz CT molecular complexity index is 461. The molecule has 1 saturated carbocycles. The molecule has 0 aliphatic heterocycles. The van der Waals surface area contributed by atoms with Crippen molar-refractivity contribution in [1.29, 1.82) is 0 Å². The summed E-state index contributed by atoms with van der Waals surface area (Å²) in [5, 5.41) is 10.6. The zero-order valence-corrected chi connectivity index (χ0v) is 13.7. The first-order valence-electron chi connectivity index (χ1n) is 7.86. The summed E-state index contributed by atoms with van der Waals surface area (Å²) in [5.74, 6) is 1.92. The topological polar surface area (TPSA) is 73.9 Å². The summed E-state index contributed by atoms with van der Waals surface area (Å²) in [6, 6.07) is 3.17. The van der Waals surface area contributed by atoms with Crippen molar-refractivity contribution in [2.45, 2.75) is 44.2 Å². The van der Waals surface area contributed by atoms with Crippen LogP contribution in [0, 0.1) is 5.92 Å². The smallest absolute Gasteiger partial charge is 0.203 e. The second kappa shape index (κ2) is 7.70. The van der Waals surface area contributed by atoms with E-state index in [1.165, 1.54) is 19.3 Å². The minimum atomic E-state index is -0.553. The van der Waals surface area contributed by atoms with Crippen LogP contribution in [-0.2, 0) is 0 Å². The van der Waals surface area contributed by atoms with Gasteiger partial charge in [0.05, 0.1) is 33.5 Å². The van der Waals surface area contributed by atoms with Gasteiger partial charge < -0.3 is 25.1 Å². The second-order valence-electron chi connectivity index (χ2n) is 5.87. The molecule has 0 aromatic heterocycles.